The summed E-state index contributed by atoms with van der Waals surface area (Å²) in [6.07, 6.45) is 2.08. The van der Waals surface area contributed by atoms with E-state index in [1.165, 1.54) is 0 Å². The number of hydrogen-bond acceptors (Lipinski definition) is 3. The first-order valence-corrected chi connectivity index (χ1v) is 9.13. The van der Waals surface area contributed by atoms with E-state index in [0.717, 1.165) is 61.1 Å². The summed E-state index contributed by atoms with van der Waals surface area (Å²) >= 11 is 8.19. The maximum Gasteiger partial charge on any atom is 0.239 e. The summed E-state index contributed by atoms with van der Waals surface area (Å²) in [7, 11) is 0. The maximum atomic E-state index is 12.7. The van der Waals surface area contributed by atoms with Crippen LogP contribution in [0.25, 0.3) is 0 Å². The Morgan fingerprint density at radius 2 is 2.00 bits per heavy atom. The third-order valence-electron chi connectivity index (χ3n) is 4.30. The largest absolute Gasteiger partial charge is 0.340 e. The van der Waals surface area contributed by atoms with Gasteiger partial charge in [-0.1, -0.05) is 29.8 Å². The Morgan fingerprint density at radius 3 is 2.76 bits per heavy atom. The summed E-state index contributed by atoms with van der Waals surface area (Å²) in [5.74, 6) is 2.46. The zero-order valence-corrected chi connectivity index (χ0v) is 13.7. The van der Waals surface area contributed by atoms with E-state index < -0.39 is 0 Å². The van der Waals surface area contributed by atoms with Gasteiger partial charge in [-0.3, -0.25) is 9.69 Å². The molecule has 2 heterocycles. The van der Waals surface area contributed by atoms with Crippen molar-refractivity contribution < 1.29 is 4.79 Å². The lowest BCUT2D eigenvalue weighted by molar-refractivity contribution is -0.135. The SMILES string of the molecule is O=C(C1CCCN1Cc1ccccc1Cl)N1CCSCC1. The molecule has 0 N–H and O–H groups in total. The lowest BCUT2D eigenvalue weighted by atomic mass is 10.1. The monoisotopic (exact) mass is 324 g/mol. The fourth-order valence-corrected chi connectivity index (χ4v) is 4.23. The second-order valence-electron chi connectivity index (χ2n) is 5.66. The van der Waals surface area contributed by atoms with Gasteiger partial charge in [-0.25, -0.2) is 0 Å². The fourth-order valence-electron chi connectivity index (χ4n) is 3.13. The lowest BCUT2D eigenvalue weighted by Crippen LogP contribution is -2.48. The molecule has 114 valence electrons. The van der Waals surface area contributed by atoms with E-state index in [1.54, 1.807) is 0 Å². The van der Waals surface area contributed by atoms with Crippen molar-refractivity contribution in [3.8, 4) is 0 Å². The van der Waals surface area contributed by atoms with Crippen LogP contribution in [0.1, 0.15) is 18.4 Å². The summed E-state index contributed by atoms with van der Waals surface area (Å²) in [6.45, 7) is 3.57. The molecule has 2 saturated heterocycles. The van der Waals surface area contributed by atoms with Gasteiger partial charge in [0.05, 0.1) is 6.04 Å². The Morgan fingerprint density at radius 1 is 1.24 bits per heavy atom. The molecule has 3 rings (SSSR count). The van der Waals surface area contributed by atoms with Crippen LogP contribution in [0.5, 0.6) is 0 Å². The molecule has 2 aliphatic heterocycles. The van der Waals surface area contributed by atoms with Gasteiger partial charge in [0.15, 0.2) is 0 Å². The van der Waals surface area contributed by atoms with Crippen molar-refractivity contribution in [3.63, 3.8) is 0 Å². The van der Waals surface area contributed by atoms with Crippen LogP contribution in [0.15, 0.2) is 24.3 Å². The first-order chi connectivity index (χ1) is 10.3. The number of carbonyl (C=O) groups is 1. The molecule has 2 aliphatic rings. The fraction of sp³-hybridized carbons (Fsp3) is 0.562. The van der Waals surface area contributed by atoms with Gasteiger partial charge >= 0.3 is 0 Å². The molecule has 21 heavy (non-hydrogen) atoms. The van der Waals surface area contributed by atoms with Crippen molar-refractivity contribution in [1.82, 2.24) is 9.80 Å². The van der Waals surface area contributed by atoms with E-state index in [0.29, 0.717) is 5.91 Å². The highest BCUT2D eigenvalue weighted by Crippen LogP contribution is 2.25. The zero-order chi connectivity index (χ0) is 14.7. The highest BCUT2D eigenvalue weighted by molar-refractivity contribution is 7.99. The predicted molar refractivity (Wildman–Crippen MR) is 88.8 cm³/mol. The maximum absolute atomic E-state index is 12.7. The minimum Gasteiger partial charge on any atom is -0.340 e. The van der Waals surface area contributed by atoms with Crippen molar-refractivity contribution in [2.45, 2.75) is 25.4 Å². The number of rotatable bonds is 3. The van der Waals surface area contributed by atoms with E-state index in [4.69, 9.17) is 11.6 Å². The van der Waals surface area contributed by atoms with Gasteiger partial charge in [-0.2, -0.15) is 11.8 Å². The molecule has 2 fully saturated rings. The zero-order valence-electron chi connectivity index (χ0n) is 12.1. The van der Waals surface area contributed by atoms with Crippen LogP contribution in [0.2, 0.25) is 5.02 Å². The molecule has 1 aromatic rings. The molecule has 1 aromatic carbocycles. The van der Waals surface area contributed by atoms with Gasteiger partial charge in [0.25, 0.3) is 0 Å². The molecule has 0 radical (unpaired) electrons. The molecule has 1 atom stereocenters. The van der Waals surface area contributed by atoms with Crippen LogP contribution in [0.3, 0.4) is 0 Å². The van der Waals surface area contributed by atoms with Crippen molar-refractivity contribution >= 4 is 29.3 Å². The van der Waals surface area contributed by atoms with Crippen molar-refractivity contribution in [3.05, 3.63) is 34.9 Å². The second-order valence-corrected chi connectivity index (χ2v) is 7.29. The summed E-state index contributed by atoms with van der Waals surface area (Å²) in [5, 5.41) is 0.796. The minimum atomic E-state index is 0.0457. The third kappa shape index (κ3) is 3.55. The van der Waals surface area contributed by atoms with E-state index in [2.05, 4.69) is 11.0 Å². The summed E-state index contributed by atoms with van der Waals surface area (Å²) in [6, 6.07) is 7.98. The van der Waals surface area contributed by atoms with Crippen LogP contribution in [-0.2, 0) is 11.3 Å². The van der Waals surface area contributed by atoms with Gasteiger partial charge in [-0.05, 0) is 31.0 Å². The van der Waals surface area contributed by atoms with E-state index in [9.17, 15) is 4.79 Å². The molecule has 1 amide bonds. The number of benzene rings is 1. The van der Waals surface area contributed by atoms with Gasteiger partial charge < -0.3 is 4.90 Å². The summed E-state index contributed by atoms with van der Waals surface area (Å²) < 4.78 is 0. The third-order valence-corrected chi connectivity index (χ3v) is 5.61. The van der Waals surface area contributed by atoms with E-state index in [-0.39, 0.29) is 6.04 Å². The van der Waals surface area contributed by atoms with Crippen molar-refractivity contribution in [1.29, 1.82) is 0 Å². The van der Waals surface area contributed by atoms with Crippen LogP contribution in [0, 0.1) is 0 Å². The molecular formula is C16H21ClN2OS. The Kier molecular flexibility index (Phi) is 5.09. The lowest BCUT2D eigenvalue weighted by Gasteiger charge is -2.32. The standard InChI is InChI=1S/C16H21ClN2OS/c17-14-5-2-1-4-13(14)12-19-7-3-6-15(19)16(20)18-8-10-21-11-9-18/h1-2,4-5,15H,3,6-12H2. The van der Waals surface area contributed by atoms with Crippen molar-refractivity contribution in [2.75, 3.05) is 31.1 Å². The van der Waals surface area contributed by atoms with Crippen LogP contribution in [-0.4, -0.2) is 52.9 Å². The highest BCUT2D eigenvalue weighted by Gasteiger charge is 2.34. The molecule has 5 heteroatoms. The first kappa shape index (κ1) is 15.2. The summed E-state index contributed by atoms with van der Waals surface area (Å²) in [4.78, 5) is 17.1. The number of halogens is 1. The van der Waals surface area contributed by atoms with E-state index >= 15 is 0 Å². The number of hydrogen-bond donors (Lipinski definition) is 0. The molecule has 0 aliphatic carbocycles. The summed E-state index contributed by atoms with van der Waals surface area (Å²) in [5.41, 5.74) is 1.12. The average molecular weight is 325 g/mol. The Balaban J connectivity index is 1.67. The molecule has 3 nitrogen and oxygen atoms in total. The smallest absolute Gasteiger partial charge is 0.239 e. The topological polar surface area (TPSA) is 23.6 Å². The van der Waals surface area contributed by atoms with Crippen LogP contribution < -0.4 is 0 Å². The number of likely N-dealkylation sites (tertiary alicyclic amines) is 1. The van der Waals surface area contributed by atoms with Gasteiger partial charge in [0, 0.05) is 36.2 Å². The number of nitrogens with zero attached hydrogens (tertiary/aromatic N) is 2. The molecule has 0 aromatic heterocycles. The van der Waals surface area contributed by atoms with Crippen LogP contribution in [0.4, 0.5) is 0 Å². The number of carbonyl (C=O) groups excluding carboxylic acids is 1. The number of amides is 1. The molecule has 0 bridgehead atoms. The van der Waals surface area contributed by atoms with Gasteiger partial charge in [-0.15, -0.1) is 0 Å². The Bertz CT molecular complexity index is 505. The van der Waals surface area contributed by atoms with Gasteiger partial charge in [0.1, 0.15) is 0 Å². The quantitative estimate of drug-likeness (QED) is 0.854. The molecule has 0 saturated carbocycles. The van der Waals surface area contributed by atoms with Crippen LogP contribution >= 0.6 is 23.4 Å². The molecule has 1 unspecified atom stereocenters. The normalized spacial score (nSPS) is 23.5. The minimum absolute atomic E-state index is 0.0457. The molecular weight excluding hydrogens is 304 g/mol. The number of thioether (sulfide) groups is 1. The first-order valence-electron chi connectivity index (χ1n) is 7.60. The van der Waals surface area contributed by atoms with E-state index in [1.807, 2.05) is 34.9 Å². The highest BCUT2D eigenvalue weighted by atomic mass is 35.5. The predicted octanol–water partition coefficient (Wildman–Crippen LogP) is 2.88. The Labute approximate surface area is 135 Å². The molecule has 0 spiro atoms. The van der Waals surface area contributed by atoms with Gasteiger partial charge in [0.2, 0.25) is 5.91 Å². The van der Waals surface area contributed by atoms with Crippen molar-refractivity contribution in [2.24, 2.45) is 0 Å². The Hall–Kier alpha value is -0.710. The second kappa shape index (κ2) is 7.03. The average Bonchev–Trinajstić information content (AvgIpc) is 2.98.